The minimum atomic E-state index is -0.114. The third-order valence-corrected chi connectivity index (χ3v) is 5.89. The summed E-state index contributed by atoms with van der Waals surface area (Å²) < 4.78 is 7.37. The van der Waals surface area contributed by atoms with Gasteiger partial charge in [-0.1, -0.05) is 11.6 Å². The largest absolute Gasteiger partial charge is 0.496 e. The Bertz CT molecular complexity index is 854. The number of methoxy groups -OCH3 is 1. The lowest BCUT2D eigenvalue weighted by Crippen LogP contribution is -2.44. The van der Waals surface area contributed by atoms with E-state index in [1.165, 1.54) is 0 Å². The highest BCUT2D eigenvalue weighted by atomic mass is 35.5. The van der Waals surface area contributed by atoms with E-state index in [1.807, 2.05) is 47.8 Å². The number of carbonyl (C=O) groups excluding carboxylic acids is 2. The Balaban J connectivity index is 1.74. The van der Waals surface area contributed by atoms with Gasteiger partial charge in [-0.15, -0.1) is 0 Å². The van der Waals surface area contributed by atoms with Gasteiger partial charge >= 0.3 is 0 Å². The number of likely N-dealkylation sites (tertiary alicyclic amines) is 1. The number of rotatable bonds is 6. The molecule has 1 fully saturated rings. The average molecular weight is 418 g/mol. The second kappa shape index (κ2) is 9.35. The Labute approximate surface area is 177 Å². The first-order valence-electron chi connectivity index (χ1n) is 10.1. The molecule has 6 nitrogen and oxygen atoms in total. The molecule has 0 atom stereocenters. The lowest BCUT2D eigenvalue weighted by atomic mass is 9.94. The van der Waals surface area contributed by atoms with Gasteiger partial charge in [-0.2, -0.15) is 0 Å². The van der Waals surface area contributed by atoms with Crippen LogP contribution in [0.5, 0.6) is 5.75 Å². The van der Waals surface area contributed by atoms with Crippen LogP contribution in [0.25, 0.3) is 5.69 Å². The van der Waals surface area contributed by atoms with Crippen LogP contribution in [0.1, 0.15) is 37.0 Å². The Morgan fingerprint density at radius 3 is 2.31 bits per heavy atom. The van der Waals surface area contributed by atoms with Crippen LogP contribution in [0.2, 0.25) is 5.02 Å². The fourth-order valence-electron chi connectivity index (χ4n) is 3.87. The molecule has 1 aromatic carbocycles. The summed E-state index contributed by atoms with van der Waals surface area (Å²) in [5.41, 5.74) is 1.20. The summed E-state index contributed by atoms with van der Waals surface area (Å²) in [6.45, 7) is 6.53. The summed E-state index contributed by atoms with van der Waals surface area (Å²) in [7, 11) is 1.55. The van der Waals surface area contributed by atoms with E-state index in [4.69, 9.17) is 16.3 Å². The predicted molar refractivity (Wildman–Crippen MR) is 114 cm³/mol. The maximum absolute atomic E-state index is 13.1. The van der Waals surface area contributed by atoms with Gasteiger partial charge in [0.15, 0.2) is 0 Å². The fraction of sp³-hybridized carbons (Fsp3) is 0.455. The number of hydrogen-bond acceptors (Lipinski definition) is 3. The highest BCUT2D eigenvalue weighted by molar-refractivity contribution is 6.33. The van der Waals surface area contributed by atoms with Crippen molar-refractivity contribution >= 4 is 23.4 Å². The van der Waals surface area contributed by atoms with Crippen LogP contribution >= 0.6 is 11.6 Å². The summed E-state index contributed by atoms with van der Waals surface area (Å²) >= 11 is 6.47. The van der Waals surface area contributed by atoms with E-state index < -0.39 is 0 Å². The molecule has 3 rings (SSSR count). The third kappa shape index (κ3) is 4.42. The summed E-state index contributed by atoms with van der Waals surface area (Å²) in [5.74, 6) is 0.556. The highest BCUT2D eigenvalue weighted by Crippen LogP contribution is 2.32. The maximum atomic E-state index is 13.1. The number of aromatic nitrogens is 1. The maximum Gasteiger partial charge on any atom is 0.257 e. The smallest absolute Gasteiger partial charge is 0.257 e. The molecule has 0 radical (unpaired) electrons. The van der Waals surface area contributed by atoms with Gasteiger partial charge in [-0.05, 0) is 44.9 Å². The van der Waals surface area contributed by atoms with Crippen molar-refractivity contribution in [2.45, 2.75) is 26.7 Å². The summed E-state index contributed by atoms with van der Waals surface area (Å²) in [6.07, 6.45) is 5.14. The molecule has 2 aromatic rings. The Morgan fingerprint density at radius 2 is 1.76 bits per heavy atom. The highest BCUT2D eigenvalue weighted by Gasteiger charge is 2.31. The number of benzene rings is 1. The van der Waals surface area contributed by atoms with Crippen molar-refractivity contribution in [2.75, 3.05) is 33.3 Å². The molecule has 0 N–H and O–H groups in total. The van der Waals surface area contributed by atoms with Crippen molar-refractivity contribution in [3.8, 4) is 11.4 Å². The van der Waals surface area contributed by atoms with E-state index in [1.54, 1.807) is 24.1 Å². The Kier molecular flexibility index (Phi) is 6.85. The minimum absolute atomic E-state index is 0.0134. The molecular weight excluding hydrogens is 390 g/mol. The fourth-order valence-corrected chi connectivity index (χ4v) is 4.13. The zero-order chi connectivity index (χ0) is 21.0. The van der Waals surface area contributed by atoms with Crippen molar-refractivity contribution in [1.29, 1.82) is 0 Å². The van der Waals surface area contributed by atoms with E-state index in [0.29, 0.717) is 42.3 Å². The van der Waals surface area contributed by atoms with Crippen LogP contribution in [0.4, 0.5) is 0 Å². The molecular formula is C22H28ClN3O3. The zero-order valence-corrected chi connectivity index (χ0v) is 18.0. The molecule has 0 aliphatic carbocycles. The van der Waals surface area contributed by atoms with E-state index in [9.17, 15) is 9.59 Å². The molecule has 1 aromatic heterocycles. The molecule has 1 saturated heterocycles. The number of carbonyl (C=O) groups is 2. The van der Waals surface area contributed by atoms with Crippen molar-refractivity contribution in [3.63, 3.8) is 0 Å². The summed E-state index contributed by atoms with van der Waals surface area (Å²) in [4.78, 5) is 29.4. The van der Waals surface area contributed by atoms with Gasteiger partial charge < -0.3 is 19.1 Å². The van der Waals surface area contributed by atoms with E-state index >= 15 is 0 Å². The number of piperidine rings is 1. The first-order valence-corrected chi connectivity index (χ1v) is 10.5. The minimum Gasteiger partial charge on any atom is -0.496 e. The molecule has 0 unspecified atom stereocenters. The van der Waals surface area contributed by atoms with Crippen LogP contribution in [0.15, 0.2) is 36.7 Å². The van der Waals surface area contributed by atoms with Crippen molar-refractivity contribution < 1.29 is 14.3 Å². The number of ether oxygens (including phenoxy) is 1. The van der Waals surface area contributed by atoms with Crippen molar-refractivity contribution in [2.24, 2.45) is 5.92 Å². The standard InChI is InChI=1S/C22H28ClN3O3/c1-4-24(5-2)21(27)16-8-12-26(13-9-16)22(28)17-14-18(23)19(15-20(17)29-3)25-10-6-7-11-25/h6-7,10-11,14-16H,4-5,8-9,12-13H2,1-3H3. The summed E-state index contributed by atoms with van der Waals surface area (Å²) in [6, 6.07) is 7.27. The predicted octanol–water partition coefficient (Wildman–Crippen LogP) is 3.86. The first-order chi connectivity index (χ1) is 14.0. The van der Waals surface area contributed by atoms with E-state index in [0.717, 1.165) is 18.8 Å². The molecule has 156 valence electrons. The van der Waals surface area contributed by atoms with Gasteiger partial charge in [0.1, 0.15) is 5.75 Å². The first kappa shape index (κ1) is 21.2. The van der Waals surface area contributed by atoms with Crippen LogP contribution in [-0.4, -0.2) is 59.5 Å². The van der Waals surface area contributed by atoms with Crippen molar-refractivity contribution in [1.82, 2.24) is 14.4 Å². The van der Waals surface area contributed by atoms with Gasteiger partial charge in [0.2, 0.25) is 5.91 Å². The van der Waals surface area contributed by atoms with E-state index in [-0.39, 0.29) is 17.7 Å². The molecule has 2 amide bonds. The van der Waals surface area contributed by atoms with Crippen LogP contribution in [0.3, 0.4) is 0 Å². The number of nitrogens with zero attached hydrogens (tertiary/aromatic N) is 3. The third-order valence-electron chi connectivity index (χ3n) is 5.59. The number of amides is 2. The molecule has 0 spiro atoms. The molecule has 0 bridgehead atoms. The van der Waals surface area contributed by atoms with Gasteiger partial charge in [-0.25, -0.2) is 0 Å². The van der Waals surface area contributed by atoms with Gasteiger partial charge in [0.05, 0.1) is 23.4 Å². The molecule has 2 heterocycles. The molecule has 1 aliphatic heterocycles. The second-order valence-corrected chi connectivity index (χ2v) is 7.58. The second-order valence-electron chi connectivity index (χ2n) is 7.17. The molecule has 1 aliphatic rings. The number of hydrogen-bond donors (Lipinski definition) is 0. The normalized spacial score (nSPS) is 14.7. The average Bonchev–Trinajstić information content (AvgIpc) is 3.28. The topological polar surface area (TPSA) is 54.8 Å². The monoisotopic (exact) mass is 417 g/mol. The number of halogens is 1. The lowest BCUT2D eigenvalue weighted by molar-refractivity contribution is -0.136. The molecule has 0 saturated carbocycles. The zero-order valence-electron chi connectivity index (χ0n) is 17.2. The summed E-state index contributed by atoms with van der Waals surface area (Å²) in [5, 5.41) is 0.483. The van der Waals surface area contributed by atoms with Crippen molar-refractivity contribution in [3.05, 3.63) is 47.2 Å². The van der Waals surface area contributed by atoms with Gasteiger partial charge in [0, 0.05) is 50.6 Å². The quantitative estimate of drug-likeness (QED) is 0.717. The Morgan fingerprint density at radius 1 is 1.14 bits per heavy atom. The van der Waals surface area contributed by atoms with Gasteiger partial charge in [0.25, 0.3) is 5.91 Å². The van der Waals surface area contributed by atoms with E-state index in [2.05, 4.69) is 0 Å². The molecule has 7 heteroatoms. The Hall–Kier alpha value is -2.47. The van der Waals surface area contributed by atoms with Crippen LogP contribution in [0, 0.1) is 5.92 Å². The lowest BCUT2D eigenvalue weighted by Gasteiger charge is -2.34. The van der Waals surface area contributed by atoms with Crippen LogP contribution < -0.4 is 4.74 Å². The van der Waals surface area contributed by atoms with Crippen LogP contribution in [-0.2, 0) is 4.79 Å². The van der Waals surface area contributed by atoms with Gasteiger partial charge in [-0.3, -0.25) is 9.59 Å². The molecule has 29 heavy (non-hydrogen) atoms. The SMILES string of the molecule is CCN(CC)C(=O)C1CCN(C(=O)c2cc(Cl)c(-n3cccc3)cc2OC)CC1.